The van der Waals surface area contributed by atoms with Crippen LogP contribution in [0, 0.1) is 15.9 Å². The van der Waals surface area contributed by atoms with E-state index in [2.05, 4.69) is 15.4 Å². The topological polar surface area (TPSA) is 116 Å². The van der Waals surface area contributed by atoms with Gasteiger partial charge in [0.2, 0.25) is 5.88 Å². The van der Waals surface area contributed by atoms with E-state index in [4.69, 9.17) is 10.6 Å². The number of hydrazine groups is 1. The molecule has 8 nitrogen and oxygen atoms in total. The molecular weight excluding hydrogens is 301 g/mol. The Morgan fingerprint density at radius 3 is 2.76 bits per heavy atom. The lowest BCUT2D eigenvalue weighted by atomic mass is 10.3. The number of rotatable bonds is 5. The van der Waals surface area contributed by atoms with Crippen molar-refractivity contribution in [1.82, 2.24) is 9.97 Å². The zero-order chi connectivity index (χ0) is 15.4. The fraction of sp³-hybridized carbons (Fsp3) is 0.0909. The average Bonchev–Trinajstić information content (AvgIpc) is 2.48. The second-order valence-electron chi connectivity index (χ2n) is 3.70. The van der Waals surface area contributed by atoms with Crippen molar-refractivity contribution in [3.63, 3.8) is 0 Å². The molecule has 2 aromatic rings. The van der Waals surface area contributed by atoms with Crippen molar-refractivity contribution in [2.24, 2.45) is 5.84 Å². The van der Waals surface area contributed by atoms with E-state index in [0.717, 1.165) is 18.2 Å². The van der Waals surface area contributed by atoms with Crippen LogP contribution in [0.2, 0.25) is 0 Å². The SMILES string of the molecule is CSc1nc(NN)cc(Oc2ccc([N+](=O)[O-])cc2F)n1. The summed E-state index contributed by atoms with van der Waals surface area (Å²) in [7, 11) is 0. The van der Waals surface area contributed by atoms with E-state index in [0.29, 0.717) is 11.0 Å². The molecule has 0 saturated carbocycles. The number of non-ortho nitro benzene ring substituents is 1. The van der Waals surface area contributed by atoms with Crippen molar-refractivity contribution >= 4 is 23.3 Å². The summed E-state index contributed by atoms with van der Waals surface area (Å²) in [5.74, 6) is 4.58. The molecule has 1 aromatic heterocycles. The Kier molecular flexibility index (Phi) is 4.50. The number of nitrogens with one attached hydrogen (secondary N) is 1. The van der Waals surface area contributed by atoms with Gasteiger partial charge in [-0.1, -0.05) is 11.8 Å². The lowest BCUT2D eigenvalue weighted by Gasteiger charge is -2.08. The van der Waals surface area contributed by atoms with Crippen LogP contribution in [0.25, 0.3) is 0 Å². The number of nitrogen functional groups attached to an aromatic ring is 1. The lowest BCUT2D eigenvalue weighted by Crippen LogP contribution is -2.09. The van der Waals surface area contributed by atoms with Gasteiger partial charge >= 0.3 is 0 Å². The van der Waals surface area contributed by atoms with Crippen molar-refractivity contribution in [2.75, 3.05) is 11.7 Å². The third kappa shape index (κ3) is 3.55. The minimum Gasteiger partial charge on any atom is -0.436 e. The number of ether oxygens (including phenoxy) is 1. The minimum atomic E-state index is -0.865. The van der Waals surface area contributed by atoms with Gasteiger partial charge in [-0.2, -0.15) is 4.98 Å². The van der Waals surface area contributed by atoms with Crippen LogP contribution in [0.1, 0.15) is 0 Å². The molecule has 0 unspecified atom stereocenters. The van der Waals surface area contributed by atoms with Crippen LogP contribution in [0.3, 0.4) is 0 Å². The highest BCUT2D eigenvalue weighted by Gasteiger charge is 2.13. The number of thioether (sulfide) groups is 1. The molecule has 1 aromatic carbocycles. The molecule has 21 heavy (non-hydrogen) atoms. The summed E-state index contributed by atoms with van der Waals surface area (Å²) in [4.78, 5) is 17.9. The third-order valence-electron chi connectivity index (χ3n) is 2.35. The molecule has 0 bridgehead atoms. The van der Waals surface area contributed by atoms with Crippen molar-refractivity contribution in [3.05, 3.63) is 40.2 Å². The van der Waals surface area contributed by atoms with Crippen LogP contribution in [0.5, 0.6) is 11.6 Å². The molecule has 0 saturated heterocycles. The number of nitro groups is 1. The number of benzene rings is 1. The van der Waals surface area contributed by atoms with Gasteiger partial charge in [0.15, 0.2) is 16.7 Å². The zero-order valence-electron chi connectivity index (χ0n) is 10.7. The first-order valence-corrected chi connectivity index (χ1v) is 6.77. The summed E-state index contributed by atoms with van der Waals surface area (Å²) in [6.07, 6.45) is 1.76. The fourth-order valence-electron chi connectivity index (χ4n) is 1.42. The predicted molar refractivity (Wildman–Crippen MR) is 74.8 cm³/mol. The molecule has 0 radical (unpaired) electrons. The summed E-state index contributed by atoms with van der Waals surface area (Å²) in [5.41, 5.74) is 1.97. The van der Waals surface area contributed by atoms with Crippen molar-refractivity contribution in [2.45, 2.75) is 5.16 Å². The highest BCUT2D eigenvalue weighted by atomic mass is 32.2. The van der Waals surface area contributed by atoms with Crippen molar-refractivity contribution in [1.29, 1.82) is 0 Å². The first-order valence-electron chi connectivity index (χ1n) is 5.55. The van der Waals surface area contributed by atoms with E-state index in [-0.39, 0.29) is 17.3 Å². The molecule has 0 amide bonds. The second-order valence-corrected chi connectivity index (χ2v) is 4.47. The molecule has 3 N–H and O–H groups in total. The van der Waals surface area contributed by atoms with Gasteiger partial charge in [-0.05, 0) is 12.3 Å². The Labute approximate surface area is 122 Å². The molecule has 10 heteroatoms. The van der Waals surface area contributed by atoms with Crippen LogP contribution < -0.4 is 16.0 Å². The Bertz CT molecular complexity index is 663. The lowest BCUT2D eigenvalue weighted by molar-refractivity contribution is -0.385. The van der Waals surface area contributed by atoms with Crippen molar-refractivity contribution in [3.8, 4) is 11.6 Å². The number of nitro benzene ring substituents is 1. The maximum absolute atomic E-state index is 13.7. The van der Waals surface area contributed by atoms with Crippen molar-refractivity contribution < 1.29 is 14.1 Å². The third-order valence-corrected chi connectivity index (χ3v) is 2.90. The van der Waals surface area contributed by atoms with Gasteiger partial charge in [0, 0.05) is 12.1 Å². The van der Waals surface area contributed by atoms with Gasteiger partial charge in [-0.25, -0.2) is 15.2 Å². The monoisotopic (exact) mass is 311 g/mol. The summed E-state index contributed by atoms with van der Waals surface area (Å²) in [5, 5.41) is 10.9. The summed E-state index contributed by atoms with van der Waals surface area (Å²) in [6, 6.07) is 4.44. The molecular formula is C11H10FN5O3S. The van der Waals surface area contributed by atoms with E-state index >= 15 is 0 Å². The van der Waals surface area contributed by atoms with Crippen LogP contribution in [0.4, 0.5) is 15.9 Å². The normalized spacial score (nSPS) is 10.2. The maximum Gasteiger partial charge on any atom is 0.272 e. The Hall–Kier alpha value is -2.46. The summed E-state index contributed by atoms with van der Waals surface area (Å²) < 4.78 is 19.0. The van der Waals surface area contributed by atoms with Gasteiger partial charge in [-0.3, -0.25) is 10.1 Å². The second kappa shape index (κ2) is 6.33. The van der Waals surface area contributed by atoms with E-state index in [1.165, 1.54) is 17.8 Å². The molecule has 2 rings (SSSR count). The number of nitrogens with two attached hydrogens (primary N) is 1. The molecule has 110 valence electrons. The number of hydrogen-bond acceptors (Lipinski definition) is 8. The Balaban J connectivity index is 2.31. The largest absolute Gasteiger partial charge is 0.436 e. The summed E-state index contributed by atoms with van der Waals surface area (Å²) >= 11 is 1.25. The van der Waals surface area contributed by atoms with Gasteiger partial charge in [0.1, 0.15) is 5.82 Å². The standard InChI is InChI=1S/C11H10FN5O3S/c1-21-11-14-9(16-13)5-10(15-11)20-8-3-2-6(17(18)19)4-7(8)12/h2-5H,13H2,1H3,(H,14,15,16). The molecule has 0 aliphatic heterocycles. The minimum absolute atomic E-state index is 0.0649. The fourth-order valence-corrected chi connectivity index (χ4v) is 1.79. The highest BCUT2D eigenvalue weighted by molar-refractivity contribution is 7.98. The molecule has 0 atom stereocenters. The van der Waals surface area contributed by atoms with E-state index in [1.54, 1.807) is 6.26 Å². The molecule has 0 aliphatic carbocycles. The van der Waals surface area contributed by atoms with Crippen LogP contribution in [-0.2, 0) is 0 Å². The highest BCUT2D eigenvalue weighted by Crippen LogP contribution is 2.28. The molecule has 0 spiro atoms. The first kappa shape index (κ1) is 14.9. The van der Waals surface area contributed by atoms with Crippen LogP contribution in [0.15, 0.2) is 29.4 Å². The number of halogens is 1. The van der Waals surface area contributed by atoms with E-state index in [1.807, 2.05) is 0 Å². The number of anilines is 1. The van der Waals surface area contributed by atoms with Crippen LogP contribution >= 0.6 is 11.8 Å². The maximum atomic E-state index is 13.7. The number of aromatic nitrogens is 2. The smallest absolute Gasteiger partial charge is 0.272 e. The Morgan fingerprint density at radius 1 is 1.43 bits per heavy atom. The van der Waals surface area contributed by atoms with Crippen LogP contribution in [-0.4, -0.2) is 21.1 Å². The van der Waals surface area contributed by atoms with Gasteiger partial charge in [0.05, 0.1) is 11.0 Å². The van der Waals surface area contributed by atoms with Gasteiger partial charge < -0.3 is 10.2 Å². The van der Waals surface area contributed by atoms with Gasteiger partial charge in [-0.15, -0.1) is 0 Å². The number of nitrogens with zero attached hydrogens (tertiary/aromatic N) is 3. The van der Waals surface area contributed by atoms with E-state index < -0.39 is 10.7 Å². The predicted octanol–water partition coefficient (Wildman–Crippen LogP) is 2.32. The quantitative estimate of drug-likeness (QED) is 0.284. The summed E-state index contributed by atoms with van der Waals surface area (Å²) in [6.45, 7) is 0. The first-order chi connectivity index (χ1) is 10.0. The van der Waals surface area contributed by atoms with E-state index in [9.17, 15) is 14.5 Å². The molecule has 0 fully saturated rings. The average molecular weight is 311 g/mol. The molecule has 1 heterocycles. The number of hydrogen-bond donors (Lipinski definition) is 2. The molecule has 0 aliphatic rings. The zero-order valence-corrected chi connectivity index (χ0v) is 11.6. The Morgan fingerprint density at radius 2 is 2.19 bits per heavy atom. The van der Waals surface area contributed by atoms with Gasteiger partial charge in [0.25, 0.3) is 5.69 Å².